The first-order chi connectivity index (χ1) is 12.1. The number of aryl methyl sites for hydroxylation is 1. The molecule has 25 heavy (non-hydrogen) atoms. The van der Waals surface area contributed by atoms with Crippen LogP contribution in [0, 0.1) is 0 Å². The Morgan fingerprint density at radius 1 is 1.12 bits per heavy atom. The van der Waals surface area contributed by atoms with Gasteiger partial charge in [0, 0.05) is 17.5 Å². The highest BCUT2D eigenvalue weighted by Gasteiger charge is 2.26. The maximum absolute atomic E-state index is 12.2. The molecule has 1 heterocycles. The van der Waals surface area contributed by atoms with E-state index in [0.29, 0.717) is 17.7 Å². The van der Waals surface area contributed by atoms with Crippen molar-refractivity contribution in [1.82, 2.24) is 4.90 Å². The summed E-state index contributed by atoms with van der Waals surface area (Å²) in [4.78, 5) is 14.3. The number of fused-ring (bicyclic) bond motifs is 3. The summed E-state index contributed by atoms with van der Waals surface area (Å²) in [5.41, 5.74) is 2.60. The molecule has 3 rings (SSSR count). The normalized spacial score (nSPS) is 16.8. The second-order valence-electron chi connectivity index (χ2n) is 6.77. The lowest BCUT2D eigenvalue weighted by Crippen LogP contribution is -2.35. The molecule has 0 saturated heterocycles. The van der Waals surface area contributed by atoms with Crippen molar-refractivity contribution in [2.24, 2.45) is 0 Å². The number of hydrogen-bond acceptors (Lipinski definition) is 5. The summed E-state index contributed by atoms with van der Waals surface area (Å²) in [6.07, 6.45) is 1.64. The van der Waals surface area contributed by atoms with Gasteiger partial charge in [0.15, 0.2) is 0 Å². The molecule has 2 N–H and O–H groups in total. The molecule has 2 aromatic rings. The molecule has 136 valence electrons. The van der Waals surface area contributed by atoms with Gasteiger partial charge < -0.3 is 19.5 Å². The summed E-state index contributed by atoms with van der Waals surface area (Å²) < 4.78 is 5.50. The molecular weight excluding hydrogens is 318 g/mol. The Balaban J connectivity index is 2.05. The Labute approximate surface area is 147 Å². The van der Waals surface area contributed by atoms with Gasteiger partial charge in [-0.3, -0.25) is 0 Å². The minimum Gasteiger partial charge on any atom is -0.422 e. The molecule has 0 bridgehead atoms. The first-order valence-electron chi connectivity index (χ1n) is 9.22. The van der Waals surface area contributed by atoms with E-state index in [1.807, 2.05) is 19.9 Å². The summed E-state index contributed by atoms with van der Waals surface area (Å²) in [5, 5.41) is 22.1. The Morgan fingerprint density at radius 3 is 2.48 bits per heavy atom. The zero-order valence-electron chi connectivity index (χ0n) is 15.0. The van der Waals surface area contributed by atoms with Gasteiger partial charge in [0.1, 0.15) is 11.7 Å². The predicted molar refractivity (Wildman–Crippen MR) is 97.9 cm³/mol. The molecule has 0 fully saturated rings. The van der Waals surface area contributed by atoms with Crippen LogP contribution in [0.2, 0.25) is 0 Å². The fraction of sp³-hybridized carbons (Fsp3) is 0.550. The van der Waals surface area contributed by atoms with Gasteiger partial charge in [0.05, 0.1) is 6.10 Å². The number of nitrogens with zero attached hydrogens (tertiary/aromatic N) is 1. The molecule has 0 spiro atoms. The van der Waals surface area contributed by atoms with Gasteiger partial charge in [-0.05, 0) is 56.0 Å². The van der Waals surface area contributed by atoms with Crippen molar-refractivity contribution in [2.45, 2.75) is 51.7 Å². The Morgan fingerprint density at radius 2 is 1.80 bits per heavy atom. The fourth-order valence-corrected chi connectivity index (χ4v) is 3.82. The lowest BCUT2D eigenvalue weighted by atomic mass is 9.87. The lowest BCUT2D eigenvalue weighted by Gasteiger charge is -2.27. The van der Waals surface area contributed by atoms with Crippen molar-refractivity contribution in [3.8, 4) is 0 Å². The molecule has 0 aliphatic heterocycles. The quantitative estimate of drug-likeness (QED) is 0.787. The average Bonchev–Trinajstić information content (AvgIpc) is 2.65. The third kappa shape index (κ3) is 3.50. The highest BCUT2D eigenvalue weighted by molar-refractivity contribution is 5.85. The van der Waals surface area contributed by atoms with Crippen LogP contribution >= 0.6 is 0 Å². The molecule has 2 unspecified atom stereocenters. The summed E-state index contributed by atoms with van der Waals surface area (Å²) in [6, 6.07) is 5.36. The third-order valence-electron chi connectivity index (χ3n) is 5.30. The monoisotopic (exact) mass is 345 g/mol. The number of aliphatic hydroxyl groups is 2. The van der Waals surface area contributed by atoms with E-state index in [9.17, 15) is 15.0 Å². The molecule has 2 atom stereocenters. The van der Waals surface area contributed by atoms with Gasteiger partial charge >= 0.3 is 5.63 Å². The molecule has 0 radical (unpaired) electrons. The van der Waals surface area contributed by atoms with Gasteiger partial charge in [-0.15, -0.1) is 0 Å². The SMILES string of the molecule is CCN(CC)CC(O)C(O)c1cccc2oc(=O)c3c(c12)CCCC3. The molecule has 5 nitrogen and oxygen atoms in total. The zero-order chi connectivity index (χ0) is 18.0. The number of benzene rings is 1. The molecule has 1 aliphatic carbocycles. The van der Waals surface area contributed by atoms with E-state index in [1.54, 1.807) is 12.1 Å². The first-order valence-corrected chi connectivity index (χ1v) is 9.22. The standard InChI is InChI=1S/C20H27NO4/c1-3-21(4-2)12-16(22)19(23)15-10-7-11-17-18(15)13-8-5-6-9-14(13)20(24)25-17/h7,10-11,16,19,22-23H,3-6,8-9,12H2,1-2H3. The van der Waals surface area contributed by atoms with Crippen molar-refractivity contribution in [2.75, 3.05) is 19.6 Å². The largest absolute Gasteiger partial charge is 0.422 e. The predicted octanol–water partition coefficient (Wildman–Crippen LogP) is 2.41. The number of hydrogen-bond donors (Lipinski definition) is 2. The van der Waals surface area contributed by atoms with Gasteiger partial charge in [0.2, 0.25) is 0 Å². The Kier molecular flexibility index (Phi) is 5.57. The van der Waals surface area contributed by atoms with Gasteiger partial charge in [-0.25, -0.2) is 4.79 Å². The summed E-state index contributed by atoms with van der Waals surface area (Å²) in [6.45, 7) is 6.11. The van der Waals surface area contributed by atoms with E-state index in [4.69, 9.17) is 4.42 Å². The Hall–Kier alpha value is -1.69. The smallest absolute Gasteiger partial charge is 0.339 e. The van der Waals surface area contributed by atoms with Crippen LogP contribution in [-0.2, 0) is 12.8 Å². The van der Waals surface area contributed by atoms with Crippen LogP contribution in [0.3, 0.4) is 0 Å². The van der Waals surface area contributed by atoms with E-state index in [1.165, 1.54) is 0 Å². The van der Waals surface area contributed by atoms with E-state index in [2.05, 4.69) is 4.90 Å². The second-order valence-corrected chi connectivity index (χ2v) is 6.77. The van der Waals surface area contributed by atoms with Crippen molar-refractivity contribution < 1.29 is 14.6 Å². The zero-order valence-corrected chi connectivity index (χ0v) is 15.0. The molecular formula is C20H27NO4. The maximum Gasteiger partial charge on any atom is 0.339 e. The summed E-state index contributed by atoms with van der Waals surface area (Å²) >= 11 is 0. The van der Waals surface area contributed by atoms with E-state index >= 15 is 0 Å². The van der Waals surface area contributed by atoms with Crippen LogP contribution in [0.4, 0.5) is 0 Å². The van der Waals surface area contributed by atoms with Crippen LogP contribution in [0.25, 0.3) is 11.0 Å². The van der Waals surface area contributed by atoms with Crippen LogP contribution < -0.4 is 5.63 Å². The second kappa shape index (κ2) is 7.68. The highest BCUT2D eigenvalue weighted by atomic mass is 16.4. The van der Waals surface area contributed by atoms with Crippen LogP contribution in [0.5, 0.6) is 0 Å². The van der Waals surface area contributed by atoms with Crippen molar-refractivity contribution in [1.29, 1.82) is 0 Å². The molecule has 1 aliphatic rings. The summed E-state index contributed by atoms with van der Waals surface area (Å²) in [5.74, 6) is 0. The maximum atomic E-state index is 12.2. The third-order valence-corrected chi connectivity index (χ3v) is 5.30. The number of rotatable bonds is 6. The molecule has 0 amide bonds. The fourth-order valence-electron chi connectivity index (χ4n) is 3.82. The van der Waals surface area contributed by atoms with Gasteiger partial charge in [-0.1, -0.05) is 26.0 Å². The van der Waals surface area contributed by atoms with Crippen molar-refractivity contribution in [3.63, 3.8) is 0 Å². The first kappa shape index (κ1) is 18.1. The molecule has 0 saturated carbocycles. The molecule has 1 aromatic heterocycles. The van der Waals surface area contributed by atoms with E-state index in [0.717, 1.165) is 55.3 Å². The summed E-state index contributed by atoms with van der Waals surface area (Å²) in [7, 11) is 0. The highest BCUT2D eigenvalue weighted by Crippen LogP contribution is 2.33. The van der Waals surface area contributed by atoms with E-state index < -0.39 is 12.2 Å². The van der Waals surface area contributed by atoms with Crippen molar-refractivity contribution >= 4 is 11.0 Å². The number of aliphatic hydroxyl groups excluding tert-OH is 2. The van der Waals surface area contributed by atoms with E-state index in [-0.39, 0.29) is 5.63 Å². The topological polar surface area (TPSA) is 73.9 Å². The molecule has 1 aromatic carbocycles. The molecule has 5 heteroatoms. The lowest BCUT2D eigenvalue weighted by molar-refractivity contribution is -0.00125. The Bertz CT molecular complexity index is 794. The van der Waals surface area contributed by atoms with Crippen LogP contribution in [-0.4, -0.2) is 40.9 Å². The van der Waals surface area contributed by atoms with Crippen LogP contribution in [0.15, 0.2) is 27.4 Å². The van der Waals surface area contributed by atoms with Gasteiger partial charge in [-0.2, -0.15) is 0 Å². The average molecular weight is 345 g/mol. The van der Waals surface area contributed by atoms with Crippen molar-refractivity contribution in [3.05, 3.63) is 45.3 Å². The number of likely N-dealkylation sites (N-methyl/N-ethyl adjacent to an activating group) is 1. The van der Waals surface area contributed by atoms with Gasteiger partial charge in [0.25, 0.3) is 0 Å². The minimum absolute atomic E-state index is 0.266. The minimum atomic E-state index is -1.01. The van der Waals surface area contributed by atoms with Crippen LogP contribution in [0.1, 0.15) is 49.5 Å².